The van der Waals surface area contributed by atoms with Crippen LogP contribution in [0.15, 0.2) is 69.9 Å². The summed E-state index contributed by atoms with van der Waals surface area (Å²) in [5, 5.41) is 0. The summed E-state index contributed by atoms with van der Waals surface area (Å²) in [4.78, 5) is 13.3. The van der Waals surface area contributed by atoms with E-state index in [9.17, 15) is 4.79 Å². The summed E-state index contributed by atoms with van der Waals surface area (Å²) in [5.74, 6) is 1.37. The van der Waals surface area contributed by atoms with Gasteiger partial charge in [-0.15, -0.1) is 0 Å². The van der Waals surface area contributed by atoms with Crippen molar-refractivity contribution < 1.29 is 13.6 Å². The number of carbonyl (C=O) groups is 1. The molecule has 0 bridgehead atoms. The second-order valence-corrected chi connectivity index (χ2v) is 5.37. The predicted molar refractivity (Wildman–Crippen MR) is 85.3 cm³/mol. The zero-order valence-electron chi connectivity index (χ0n) is 12.6. The molecule has 5 nitrogen and oxygen atoms in total. The first-order valence-corrected chi connectivity index (χ1v) is 7.36. The lowest BCUT2D eigenvalue weighted by molar-refractivity contribution is 0.100. The standard InChI is InChI=1S/C18H18N2O3/c19-18(21)15-7-5-14(6-8-15)11-20(12-16-3-1-9-22-16)13-17-4-2-10-23-17/h1-10H,11-13H2,(H2,19,21). The molecule has 0 aliphatic carbocycles. The van der Waals surface area contributed by atoms with E-state index in [-0.39, 0.29) is 0 Å². The van der Waals surface area contributed by atoms with Crippen LogP contribution in [0, 0.1) is 0 Å². The highest BCUT2D eigenvalue weighted by molar-refractivity contribution is 5.92. The zero-order chi connectivity index (χ0) is 16.1. The van der Waals surface area contributed by atoms with E-state index in [1.54, 1.807) is 24.7 Å². The molecule has 2 heterocycles. The number of rotatable bonds is 7. The molecule has 23 heavy (non-hydrogen) atoms. The van der Waals surface area contributed by atoms with Gasteiger partial charge in [-0.3, -0.25) is 9.69 Å². The molecule has 2 aromatic heterocycles. The van der Waals surface area contributed by atoms with Crippen LogP contribution in [0.4, 0.5) is 0 Å². The maximum Gasteiger partial charge on any atom is 0.248 e. The monoisotopic (exact) mass is 310 g/mol. The van der Waals surface area contributed by atoms with Crippen LogP contribution in [0.1, 0.15) is 27.4 Å². The van der Waals surface area contributed by atoms with E-state index in [2.05, 4.69) is 4.90 Å². The summed E-state index contributed by atoms with van der Waals surface area (Å²) in [6, 6.07) is 15.0. The van der Waals surface area contributed by atoms with Crippen LogP contribution in [0.25, 0.3) is 0 Å². The maximum atomic E-state index is 11.1. The van der Waals surface area contributed by atoms with Crippen LogP contribution in [-0.2, 0) is 19.6 Å². The largest absolute Gasteiger partial charge is 0.468 e. The average molecular weight is 310 g/mol. The Morgan fingerprint density at radius 3 is 1.87 bits per heavy atom. The fraction of sp³-hybridized carbons (Fsp3) is 0.167. The molecular weight excluding hydrogens is 292 g/mol. The first kappa shape index (κ1) is 15.1. The third kappa shape index (κ3) is 4.11. The van der Waals surface area contributed by atoms with E-state index in [4.69, 9.17) is 14.6 Å². The van der Waals surface area contributed by atoms with Crippen molar-refractivity contribution in [3.63, 3.8) is 0 Å². The Bertz CT molecular complexity index is 695. The molecule has 0 aliphatic rings. The minimum atomic E-state index is -0.417. The van der Waals surface area contributed by atoms with Gasteiger partial charge in [0, 0.05) is 12.1 Å². The Kier molecular flexibility index (Phi) is 4.59. The van der Waals surface area contributed by atoms with Crippen LogP contribution < -0.4 is 5.73 Å². The van der Waals surface area contributed by atoms with E-state index in [1.165, 1.54) is 0 Å². The van der Waals surface area contributed by atoms with Crippen molar-refractivity contribution in [2.75, 3.05) is 0 Å². The number of hydrogen-bond acceptors (Lipinski definition) is 4. The van der Waals surface area contributed by atoms with Gasteiger partial charge in [0.15, 0.2) is 0 Å². The van der Waals surface area contributed by atoms with Crippen molar-refractivity contribution in [1.82, 2.24) is 4.90 Å². The van der Waals surface area contributed by atoms with Crippen LogP contribution >= 0.6 is 0 Å². The van der Waals surface area contributed by atoms with E-state index in [1.807, 2.05) is 36.4 Å². The second-order valence-electron chi connectivity index (χ2n) is 5.37. The average Bonchev–Trinajstić information content (AvgIpc) is 3.21. The van der Waals surface area contributed by atoms with Gasteiger partial charge in [0.2, 0.25) is 5.91 Å². The lowest BCUT2D eigenvalue weighted by atomic mass is 10.1. The molecule has 0 saturated carbocycles. The van der Waals surface area contributed by atoms with E-state index in [0.717, 1.165) is 17.1 Å². The molecule has 3 rings (SSSR count). The van der Waals surface area contributed by atoms with Gasteiger partial charge in [0.25, 0.3) is 0 Å². The smallest absolute Gasteiger partial charge is 0.248 e. The van der Waals surface area contributed by atoms with Gasteiger partial charge in [-0.2, -0.15) is 0 Å². The topological polar surface area (TPSA) is 72.6 Å². The Hall–Kier alpha value is -2.79. The van der Waals surface area contributed by atoms with Gasteiger partial charge in [-0.25, -0.2) is 0 Å². The quantitative estimate of drug-likeness (QED) is 0.727. The number of hydrogen-bond donors (Lipinski definition) is 1. The number of primary amides is 1. The van der Waals surface area contributed by atoms with E-state index in [0.29, 0.717) is 25.2 Å². The van der Waals surface area contributed by atoms with Crippen molar-refractivity contribution in [2.24, 2.45) is 5.73 Å². The van der Waals surface area contributed by atoms with Gasteiger partial charge in [-0.05, 0) is 42.0 Å². The highest BCUT2D eigenvalue weighted by Crippen LogP contribution is 2.15. The molecule has 0 spiro atoms. The van der Waals surface area contributed by atoms with Gasteiger partial charge >= 0.3 is 0 Å². The molecule has 0 saturated heterocycles. The third-order valence-corrected chi connectivity index (χ3v) is 3.56. The van der Waals surface area contributed by atoms with Gasteiger partial charge < -0.3 is 14.6 Å². The lowest BCUT2D eigenvalue weighted by Gasteiger charge is -2.20. The fourth-order valence-electron chi connectivity index (χ4n) is 2.45. The Labute approximate surface area is 134 Å². The maximum absolute atomic E-state index is 11.1. The Morgan fingerprint density at radius 2 is 1.43 bits per heavy atom. The zero-order valence-corrected chi connectivity index (χ0v) is 12.6. The summed E-state index contributed by atoms with van der Waals surface area (Å²) >= 11 is 0. The lowest BCUT2D eigenvalue weighted by Crippen LogP contribution is -2.22. The molecule has 2 N–H and O–H groups in total. The number of furan rings is 2. The molecule has 5 heteroatoms. The van der Waals surface area contributed by atoms with Crippen LogP contribution in [0.2, 0.25) is 0 Å². The van der Waals surface area contributed by atoms with Crippen molar-refractivity contribution in [3.8, 4) is 0 Å². The predicted octanol–water partition coefficient (Wildman–Crippen LogP) is 3.17. The second kappa shape index (κ2) is 6.98. The number of benzene rings is 1. The normalized spacial score (nSPS) is 11.0. The molecule has 1 amide bonds. The Morgan fingerprint density at radius 1 is 0.870 bits per heavy atom. The molecule has 0 radical (unpaired) electrons. The first-order chi connectivity index (χ1) is 11.2. The summed E-state index contributed by atoms with van der Waals surface area (Å²) in [6.07, 6.45) is 3.34. The van der Waals surface area contributed by atoms with Crippen molar-refractivity contribution in [1.29, 1.82) is 0 Å². The van der Waals surface area contributed by atoms with E-state index >= 15 is 0 Å². The van der Waals surface area contributed by atoms with Crippen molar-refractivity contribution in [2.45, 2.75) is 19.6 Å². The third-order valence-electron chi connectivity index (χ3n) is 3.56. The molecule has 0 fully saturated rings. The Balaban J connectivity index is 1.73. The van der Waals surface area contributed by atoms with Gasteiger partial charge in [0.05, 0.1) is 25.6 Å². The highest BCUT2D eigenvalue weighted by atomic mass is 16.3. The fourth-order valence-corrected chi connectivity index (χ4v) is 2.45. The van der Waals surface area contributed by atoms with E-state index < -0.39 is 5.91 Å². The summed E-state index contributed by atoms with van der Waals surface area (Å²) in [7, 11) is 0. The highest BCUT2D eigenvalue weighted by Gasteiger charge is 2.12. The van der Waals surface area contributed by atoms with Crippen LogP contribution in [-0.4, -0.2) is 10.8 Å². The number of nitrogens with zero attached hydrogens (tertiary/aromatic N) is 1. The van der Waals surface area contributed by atoms with Crippen molar-refractivity contribution in [3.05, 3.63) is 83.7 Å². The van der Waals surface area contributed by atoms with Gasteiger partial charge in [0.1, 0.15) is 11.5 Å². The molecule has 0 unspecified atom stereocenters. The molecular formula is C18H18N2O3. The minimum Gasteiger partial charge on any atom is -0.468 e. The number of nitrogens with two attached hydrogens (primary N) is 1. The number of carbonyl (C=O) groups excluding carboxylic acids is 1. The van der Waals surface area contributed by atoms with Crippen molar-refractivity contribution >= 4 is 5.91 Å². The molecule has 118 valence electrons. The van der Waals surface area contributed by atoms with Crippen LogP contribution in [0.3, 0.4) is 0 Å². The summed E-state index contributed by atoms with van der Waals surface area (Å²) < 4.78 is 10.9. The number of amides is 1. The van der Waals surface area contributed by atoms with Gasteiger partial charge in [-0.1, -0.05) is 12.1 Å². The molecule has 1 aromatic carbocycles. The minimum absolute atomic E-state index is 0.417. The first-order valence-electron chi connectivity index (χ1n) is 7.36. The SMILES string of the molecule is NC(=O)c1ccc(CN(Cc2ccco2)Cc2ccco2)cc1. The summed E-state index contributed by atoms with van der Waals surface area (Å²) in [5.41, 5.74) is 6.87. The summed E-state index contributed by atoms with van der Waals surface area (Å²) in [6.45, 7) is 2.05. The molecule has 0 aliphatic heterocycles. The van der Waals surface area contributed by atoms with Crippen LogP contribution in [0.5, 0.6) is 0 Å². The molecule has 0 atom stereocenters. The molecule has 3 aromatic rings.